The molecule has 1 aliphatic heterocycles. The van der Waals surface area contributed by atoms with Crippen LogP contribution in [-0.2, 0) is 5.41 Å². The number of likely N-dealkylation sites (tertiary alicyclic amines) is 1. The summed E-state index contributed by atoms with van der Waals surface area (Å²) in [5.74, 6) is 0.719. The molecule has 1 saturated heterocycles. The average molecular weight is 217 g/mol. The molecule has 0 aliphatic carbocycles. The summed E-state index contributed by atoms with van der Waals surface area (Å²) in [5, 5.41) is 0. The standard InChI is InChI=1S/C15H23N/c1-12-11-16(4)13(2)10-15(12,3)14-8-6-5-7-9-14/h5-9,12-13H,10-11H2,1-4H3. The molecule has 3 unspecified atom stereocenters. The highest BCUT2D eigenvalue weighted by atomic mass is 15.1. The van der Waals surface area contributed by atoms with E-state index in [1.165, 1.54) is 18.5 Å². The zero-order chi connectivity index (χ0) is 11.8. The van der Waals surface area contributed by atoms with Crippen molar-refractivity contribution in [2.75, 3.05) is 13.6 Å². The van der Waals surface area contributed by atoms with Gasteiger partial charge in [0, 0.05) is 12.6 Å². The number of rotatable bonds is 1. The van der Waals surface area contributed by atoms with Gasteiger partial charge in [-0.2, -0.15) is 0 Å². The molecule has 1 aromatic carbocycles. The zero-order valence-electron chi connectivity index (χ0n) is 10.9. The van der Waals surface area contributed by atoms with Gasteiger partial charge in [0.1, 0.15) is 0 Å². The Hall–Kier alpha value is -0.820. The van der Waals surface area contributed by atoms with Crippen LogP contribution in [0.2, 0.25) is 0 Å². The third-order valence-corrected chi connectivity index (χ3v) is 4.55. The quantitative estimate of drug-likeness (QED) is 0.697. The fraction of sp³-hybridized carbons (Fsp3) is 0.600. The smallest absolute Gasteiger partial charge is 0.00724 e. The third kappa shape index (κ3) is 1.89. The van der Waals surface area contributed by atoms with E-state index in [1.807, 2.05) is 0 Å². The van der Waals surface area contributed by atoms with Gasteiger partial charge in [0.15, 0.2) is 0 Å². The van der Waals surface area contributed by atoms with E-state index in [4.69, 9.17) is 0 Å². The number of benzene rings is 1. The van der Waals surface area contributed by atoms with Crippen molar-refractivity contribution in [1.82, 2.24) is 4.90 Å². The lowest BCUT2D eigenvalue weighted by molar-refractivity contribution is 0.0854. The molecule has 0 radical (unpaired) electrons. The molecule has 1 aromatic rings. The molecule has 3 atom stereocenters. The van der Waals surface area contributed by atoms with Gasteiger partial charge in [0.2, 0.25) is 0 Å². The highest BCUT2D eigenvalue weighted by molar-refractivity contribution is 5.26. The van der Waals surface area contributed by atoms with Crippen molar-refractivity contribution < 1.29 is 0 Å². The van der Waals surface area contributed by atoms with Crippen LogP contribution in [0.1, 0.15) is 32.8 Å². The van der Waals surface area contributed by atoms with Crippen LogP contribution in [0.4, 0.5) is 0 Å². The summed E-state index contributed by atoms with van der Waals surface area (Å²) in [7, 11) is 2.24. The maximum atomic E-state index is 2.48. The largest absolute Gasteiger partial charge is 0.303 e. The summed E-state index contributed by atoms with van der Waals surface area (Å²) in [6.07, 6.45) is 1.26. The Morgan fingerprint density at radius 3 is 2.44 bits per heavy atom. The first-order valence-electron chi connectivity index (χ1n) is 6.30. The van der Waals surface area contributed by atoms with Gasteiger partial charge >= 0.3 is 0 Å². The van der Waals surface area contributed by atoms with Crippen LogP contribution in [0, 0.1) is 5.92 Å². The van der Waals surface area contributed by atoms with Crippen LogP contribution in [0.5, 0.6) is 0 Å². The molecule has 1 nitrogen and oxygen atoms in total. The van der Waals surface area contributed by atoms with E-state index in [1.54, 1.807) is 0 Å². The Balaban J connectivity index is 2.31. The second-order valence-electron chi connectivity index (χ2n) is 5.68. The van der Waals surface area contributed by atoms with Crippen molar-refractivity contribution in [2.45, 2.75) is 38.6 Å². The first kappa shape index (κ1) is 11.7. The average Bonchev–Trinajstić information content (AvgIpc) is 2.28. The summed E-state index contributed by atoms with van der Waals surface area (Å²) in [6.45, 7) is 8.35. The second-order valence-corrected chi connectivity index (χ2v) is 5.68. The Bertz CT molecular complexity index is 346. The summed E-state index contributed by atoms with van der Waals surface area (Å²) in [6, 6.07) is 11.7. The molecule has 1 fully saturated rings. The Morgan fingerprint density at radius 2 is 1.81 bits per heavy atom. The monoisotopic (exact) mass is 217 g/mol. The maximum absolute atomic E-state index is 2.48. The third-order valence-electron chi connectivity index (χ3n) is 4.55. The Morgan fingerprint density at radius 1 is 1.19 bits per heavy atom. The summed E-state index contributed by atoms with van der Waals surface area (Å²) >= 11 is 0. The molecular weight excluding hydrogens is 194 g/mol. The number of hydrogen-bond donors (Lipinski definition) is 0. The fourth-order valence-electron chi connectivity index (χ4n) is 3.01. The molecule has 1 heterocycles. The molecule has 88 valence electrons. The molecule has 0 bridgehead atoms. The molecule has 2 rings (SSSR count). The molecule has 1 heteroatoms. The van der Waals surface area contributed by atoms with Gasteiger partial charge in [-0.3, -0.25) is 0 Å². The molecule has 16 heavy (non-hydrogen) atoms. The van der Waals surface area contributed by atoms with Crippen LogP contribution >= 0.6 is 0 Å². The van der Waals surface area contributed by atoms with E-state index in [0.29, 0.717) is 11.5 Å². The lowest BCUT2D eigenvalue weighted by Crippen LogP contribution is -2.50. The molecule has 0 saturated carbocycles. The maximum Gasteiger partial charge on any atom is 0.00724 e. The van der Waals surface area contributed by atoms with E-state index in [0.717, 1.165) is 5.92 Å². The molecule has 0 N–H and O–H groups in total. The Labute approximate surface area is 99.5 Å². The van der Waals surface area contributed by atoms with Gasteiger partial charge in [-0.1, -0.05) is 44.2 Å². The molecular formula is C15H23N. The SMILES string of the molecule is CC1CC(C)(c2ccccc2)C(C)CN1C. The van der Waals surface area contributed by atoms with Crippen LogP contribution in [0.25, 0.3) is 0 Å². The van der Waals surface area contributed by atoms with Crippen molar-refractivity contribution >= 4 is 0 Å². The zero-order valence-corrected chi connectivity index (χ0v) is 10.9. The Kier molecular flexibility index (Phi) is 3.07. The van der Waals surface area contributed by atoms with Gasteiger partial charge in [-0.25, -0.2) is 0 Å². The van der Waals surface area contributed by atoms with Gasteiger partial charge in [-0.15, -0.1) is 0 Å². The predicted octanol–water partition coefficient (Wildman–Crippen LogP) is 3.30. The van der Waals surface area contributed by atoms with Crippen LogP contribution < -0.4 is 0 Å². The normalized spacial score (nSPS) is 36.2. The highest BCUT2D eigenvalue weighted by Crippen LogP contribution is 2.40. The van der Waals surface area contributed by atoms with Crippen molar-refractivity contribution in [1.29, 1.82) is 0 Å². The van der Waals surface area contributed by atoms with Gasteiger partial charge < -0.3 is 4.90 Å². The van der Waals surface area contributed by atoms with Crippen LogP contribution in [-0.4, -0.2) is 24.5 Å². The second kappa shape index (κ2) is 4.21. The van der Waals surface area contributed by atoms with Crippen LogP contribution in [0.15, 0.2) is 30.3 Å². The molecule has 0 aromatic heterocycles. The molecule has 0 spiro atoms. The van der Waals surface area contributed by atoms with E-state index >= 15 is 0 Å². The minimum absolute atomic E-state index is 0.340. The van der Waals surface area contributed by atoms with Crippen molar-refractivity contribution in [3.63, 3.8) is 0 Å². The van der Waals surface area contributed by atoms with Gasteiger partial charge in [0.05, 0.1) is 0 Å². The van der Waals surface area contributed by atoms with E-state index in [-0.39, 0.29) is 0 Å². The minimum atomic E-state index is 0.340. The van der Waals surface area contributed by atoms with Crippen molar-refractivity contribution in [2.24, 2.45) is 5.92 Å². The number of hydrogen-bond acceptors (Lipinski definition) is 1. The summed E-state index contributed by atoms with van der Waals surface area (Å²) in [4.78, 5) is 2.48. The number of nitrogens with zero attached hydrogens (tertiary/aromatic N) is 1. The fourth-order valence-corrected chi connectivity index (χ4v) is 3.01. The summed E-state index contributed by atoms with van der Waals surface area (Å²) in [5.41, 5.74) is 1.84. The lowest BCUT2D eigenvalue weighted by Gasteiger charge is -2.47. The van der Waals surface area contributed by atoms with Gasteiger partial charge in [0.25, 0.3) is 0 Å². The first-order chi connectivity index (χ1) is 7.54. The van der Waals surface area contributed by atoms with Crippen LogP contribution in [0.3, 0.4) is 0 Å². The van der Waals surface area contributed by atoms with Crippen molar-refractivity contribution in [3.8, 4) is 0 Å². The first-order valence-corrected chi connectivity index (χ1v) is 6.30. The van der Waals surface area contributed by atoms with E-state index < -0.39 is 0 Å². The minimum Gasteiger partial charge on any atom is -0.303 e. The summed E-state index contributed by atoms with van der Waals surface area (Å²) < 4.78 is 0. The predicted molar refractivity (Wildman–Crippen MR) is 69.7 cm³/mol. The highest BCUT2D eigenvalue weighted by Gasteiger charge is 2.39. The lowest BCUT2D eigenvalue weighted by atomic mass is 9.66. The van der Waals surface area contributed by atoms with E-state index in [2.05, 4.69) is 63.1 Å². The van der Waals surface area contributed by atoms with Crippen molar-refractivity contribution in [3.05, 3.63) is 35.9 Å². The molecule has 0 amide bonds. The van der Waals surface area contributed by atoms with Gasteiger partial charge in [-0.05, 0) is 37.3 Å². The van der Waals surface area contributed by atoms with E-state index in [9.17, 15) is 0 Å². The topological polar surface area (TPSA) is 3.24 Å². The molecule has 1 aliphatic rings. The number of piperidine rings is 1.